The Morgan fingerprint density at radius 2 is 2.00 bits per heavy atom. The molecule has 0 unspecified atom stereocenters. The number of nitrogens with zero attached hydrogens (tertiary/aromatic N) is 2. The highest BCUT2D eigenvalue weighted by atomic mass is 16.6. The van der Waals surface area contributed by atoms with Crippen LogP contribution in [0.1, 0.15) is 31.1 Å². The molecule has 0 fully saturated rings. The number of nitro groups is 1. The molecule has 1 heterocycles. The number of aromatic nitrogens is 1. The lowest BCUT2D eigenvalue weighted by Crippen LogP contribution is -2.05. The molecule has 0 atom stereocenters. The van der Waals surface area contributed by atoms with Gasteiger partial charge in [-0.1, -0.05) is 20.8 Å². The molecule has 0 aromatic carbocycles. The van der Waals surface area contributed by atoms with E-state index >= 15 is 0 Å². The zero-order chi connectivity index (χ0) is 14.3. The third-order valence-corrected chi connectivity index (χ3v) is 1.52. The number of nitrogen functional groups attached to an aromatic ring is 1. The molecule has 0 radical (unpaired) electrons. The first-order valence-electron chi connectivity index (χ1n) is 5.27. The monoisotopic (exact) mass is 255 g/mol. The Hall–Kier alpha value is -2.18. The number of carbonyl (C=O) groups is 1. The average molecular weight is 255 g/mol. The van der Waals surface area contributed by atoms with Crippen molar-refractivity contribution in [2.45, 2.75) is 20.8 Å². The van der Waals surface area contributed by atoms with E-state index in [1.807, 2.05) is 0 Å². The van der Waals surface area contributed by atoms with Gasteiger partial charge in [-0.25, -0.2) is 9.78 Å². The van der Waals surface area contributed by atoms with Crippen molar-refractivity contribution in [3.05, 3.63) is 27.9 Å². The molecule has 0 spiro atoms. The highest BCUT2D eigenvalue weighted by Crippen LogP contribution is 2.19. The molecule has 0 bridgehead atoms. The summed E-state index contributed by atoms with van der Waals surface area (Å²) in [6.07, 6.45) is 1.12. The van der Waals surface area contributed by atoms with Crippen molar-refractivity contribution < 1.29 is 14.5 Å². The van der Waals surface area contributed by atoms with Crippen LogP contribution in [0.15, 0.2) is 12.3 Å². The molecule has 0 amide bonds. The molecule has 0 aliphatic heterocycles. The lowest BCUT2D eigenvalue weighted by molar-refractivity contribution is -0.384. The maximum absolute atomic E-state index is 11.0. The SMILES string of the molecule is CC(C)C.COC(=O)c1cnc(N)c([N+](=O)[O-])c1. The molecule has 18 heavy (non-hydrogen) atoms. The Morgan fingerprint density at radius 3 is 2.39 bits per heavy atom. The van der Waals surface area contributed by atoms with Crippen molar-refractivity contribution >= 4 is 17.5 Å². The first-order chi connectivity index (χ1) is 8.29. The van der Waals surface area contributed by atoms with Crippen LogP contribution in [0.3, 0.4) is 0 Å². The lowest BCUT2D eigenvalue weighted by atomic mass is 10.2. The van der Waals surface area contributed by atoms with Gasteiger partial charge in [-0.3, -0.25) is 10.1 Å². The van der Waals surface area contributed by atoms with Gasteiger partial charge in [0, 0.05) is 12.3 Å². The normalized spacial score (nSPS) is 9.39. The van der Waals surface area contributed by atoms with Gasteiger partial charge in [-0.2, -0.15) is 0 Å². The summed E-state index contributed by atoms with van der Waals surface area (Å²) in [7, 11) is 1.17. The van der Waals surface area contributed by atoms with E-state index in [2.05, 4.69) is 30.5 Å². The Morgan fingerprint density at radius 1 is 1.50 bits per heavy atom. The molecular formula is C11H17N3O4. The Bertz CT molecular complexity index is 430. The van der Waals surface area contributed by atoms with E-state index < -0.39 is 16.6 Å². The van der Waals surface area contributed by atoms with Gasteiger partial charge in [-0.15, -0.1) is 0 Å². The molecule has 100 valence electrons. The van der Waals surface area contributed by atoms with Crippen LogP contribution in [0, 0.1) is 16.0 Å². The van der Waals surface area contributed by atoms with Gasteiger partial charge in [0.25, 0.3) is 0 Å². The fourth-order valence-corrected chi connectivity index (χ4v) is 0.839. The molecule has 1 aromatic rings. The second-order valence-electron chi connectivity index (χ2n) is 4.11. The van der Waals surface area contributed by atoms with Gasteiger partial charge in [0.05, 0.1) is 17.6 Å². The van der Waals surface area contributed by atoms with E-state index in [1.165, 1.54) is 7.11 Å². The van der Waals surface area contributed by atoms with Crippen LogP contribution in [0.2, 0.25) is 0 Å². The lowest BCUT2D eigenvalue weighted by Gasteiger charge is -1.99. The number of esters is 1. The molecule has 2 N–H and O–H groups in total. The van der Waals surface area contributed by atoms with Gasteiger partial charge < -0.3 is 10.5 Å². The van der Waals surface area contributed by atoms with Crippen molar-refractivity contribution in [3.8, 4) is 0 Å². The van der Waals surface area contributed by atoms with Gasteiger partial charge in [0.15, 0.2) is 0 Å². The molecule has 7 heteroatoms. The maximum Gasteiger partial charge on any atom is 0.339 e. The van der Waals surface area contributed by atoms with E-state index in [4.69, 9.17) is 5.73 Å². The summed E-state index contributed by atoms with van der Waals surface area (Å²) in [5.74, 6) is -0.0942. The van der Waals surface area contributed by atoms with Crippen molar-refractivity contribution in [3.63, 3.8) is 0 Å². The number of nitrogens with two attached hydrogens (primary N) is 1. The van der Waals surface area contributed by atoms with Gasteiger partial charge in [0.1, 0.15) is 0 Å². The number of hydrogen-bond donors (Lipinski definition) is 1. The molecule has 0 aliphatic carbocycles. The zero-order valence-electron chi connectivity index (χ0n) is 10.8. The fraction of sp³-hybridized carbons (Fsp3) is 0.455. The van der Waals surface area contributed by atoms with E-state index in [0.29, 0.717) is 0 Å². The van der Waals surface area contributed by atoms with Crippen molar-refractivity contribution in [2.75, 3.05) is 12.8 Å². The van der Waals surface area contributed by atoms with Gasteiger partial charge in [0.2, 0.25) is 5.82 Å². The van der Waals surface area contributed by atoms with Crippen LogP contribution >= 0.6 is 0 Å². The number of anilines is 1. The van der Waals surface area contributed by atoms with Crippen LogP contribution < -0.4 is 5.73 Å². The highest BCUT2D eigenvalue weighted by molar-refractivity contribution is 5.90. The molecule has 1 aromatic heterocycles. The quantitative estimate of drug-likeness (QED) is 0.492. The topological polar surface area (TPSA) is 108 Å². The Labute approximate surface area is 105 Å². The van der Waals surface area contributed by atoms with Crippen molar-refractivity contribution in [2.24, 2.45) is 5.92 Å². The summed E-state index contributed by atoms with van der Waals surface area (Å²) >= 11 is 0. The molecule has 0 saturated carbocycles. The Balaban J connectivity index is 0.000000631. The molecule has 0 aliphatic rings. The fourth-order valence-electron chi connectivity index (χ4n) is 0.839. The van der Waals surface area contributed by atoms with Crippen LogP contribution in [0.5, 0.6) is 0 Å². The minimum Gasteiger partial charge on any atom is -0.465 e. The second-order valence-corrected chi connectivity index (χ2v) is 4.11. The molecule has 1 rings (SSSR count). The number of hydrogen-bond acceptors (Lipinski definition) is 6. The number of methoxy groups -OCH3 is 1. The smallest absolute Gasteiger partial charge is 0.339 e. The summed E-state index contributed by atoms with van der Waals surface area (Å²) in [6, 6.07) is 1.02. The zero-order valence-corrected chi connectivity index (χ0v) is 10.8. The first kappa shape index (κ1) is 15.8. The maximum atomic E-state index is 11.0. The van der Waals surface area contributed by atoms with E-state index in [-0.39, 0.29) is 11.4 Å². The first-order valence-corrected chi connectivity index (χ1v) is 5.27. The standard InChI is InChI=1S/C7H7N3O4.C4H10/c1-14-7(11)4-2-5(10(12)13)6(8)9-3-4;1-4(2)3/h2-3H,1H3,(H2,8,9);4H,1-3H3. The van der Waals surface area contributed by atoms with Gasteiger partial charge >= 0.3 is 11.7 Å². The highest BCUT2D eigenvalue weighted by Gasteiger charge is 2.16. The van der Waals surface area contributed by atoms with Crippen LogP contribution in [-0.2, 0) is 4.74 Å². The largest absolute Gasteiger partial charge is 0.465 e. The number of pyridine rings is 1. The molecular weight excluding hydrogens is 238 g/mol. The van der Waals surface area contributed by atoms with Crippen molar-refractivity contribution in [1.82, 2.24) is 4.98 Å². The van der Waals surface area contributed by atoms with Crippen LogP contribution in [0.25, 0.3) is 0 Å². The predicted octanol–water partition coefficient (Wildman–Crippen LogP) is 2.02. The third kappa shape index (κ3) is 5.24. The van der Waals surface area contributed by atoms with Gasteiger partial charge in [-0.05, 0) is 5.92 Å². The minimum absolute atomic E-state index is 0.00611. The summed E-state index contributed by atoms with van der Waals surface area (Å²) < 4.78 is 4.37. The summed E-state index contributed by atoms with van der Waals surface area (Å²) in [4.78, 5) is 24.2. The number of carbonyl (C=O) groups excluding carboxylic acids is 1. The Kier molecular flexibility index (Phi) is 6.33. The minimum atomic E-state index is -0.714. The van der Waals surface area contributed by atoms with Crippen LogP contribution in [-0.4, -0.2) is 23.0 Å². The number of ether oxygens (including phenoxy) is 1. The van der Waals surface area contributed by atoms with E-state index in [0.717, 1.165) is 18.2 Å². The summed E-state index contributed by atoms with van der Waals surface area (Å²) in [6.45, 7) is 6.50. The molecule has 7 nitrogen and oxygen atoms in total. The number of rotatable bonds is 2. The van der Waals surface area contributed by atoms with E-state index in [1.54, 1.807) is 0 Å². The van der Waals surface area contributed by atoms with Crippen molar-refractivity contribution in [1.29, 1.82) is 0 Å². The third-order valence-electron chi connectivity index (χ3n) is 1.52. The summed E-state index contributed by atoms with van der Waals surface area (Å²) in [5.41, 5.74) is 4.81. The second kappa shape index (κ2) is 7.21. The van der Waals surface area contributed by atoms with Crippen LogP contribution in [0.4, 0.5) is 11.5 Å². The predicted molar refractivity (Wildman–Crippen MR) is 67.2 cm³/mol. The average Bonchev–Trinajstić information content (AvgIpc) is 2.27. The van der Waals surface area contributed by atoms with E-state index in [9.17, 15) is 14.9 Å². The molecule has 0 saturated heterocycles. The summed E-state index contributed by atoms with van der Waals surface area (Å²) in [5, 5.41) is 10.4.